The van der Waals surface area contributed by atoms with Crippen molar-refractivity contribution in [1.82, 2.24) is 4.90 Å². The second kappa shape index (κ2) is 8.37. The lowest BCUT2D eigenvalue weighted by Gasteiger charge is -2.27. The minimum absolute atomic E-state index is 0.0772. The van der Waals surface area contributed by atoms with Crippen LogP contribution in [0.3, 0.4) is 0 Å². The Kier molecular flexibility index (Phi) is 5.38. The SMILES string of the molecule is Cc1ccc2oc3c(c(=O)c2c1)[C@@H](c1ccc(OCC(N)=O)cc1)N(C[C@H]1CCCO1)C3=O. The van der Waals surface area contributed by atoms with Crippen LogP contribution in [0.4, 0.5) is 0 Å². The number of benzene rings is 2. The molecule has 2 aromatic carbocycles. The molecule has 33 heavy (non-hydrogen) atoms. The van der Waals surface area contributed by atoms with E-state index < -0.39 is 11.9 Å². The Bertz CT molecular complexity index is 1290. The zero-order valence-corrected chi connectivity index (χ0v) is 18.2. The molecule has 0 saturated carbocycles. The molecule has 2 aliphatic rings. The highest BCUT2D eigenvalue weighted by molar-refractivity contribution is 5.99. The van der Waals surface area contributed by atoms with E-state index in [1.165, 1.54) is 0 Å². The second-order valence-electron chi connectivity index (χ2n) is 8.49. The van der Waals surface area contributed by atoms with Crippen LogP contribution in [0.1, 0.15) is 46.1 Å². The number of hydrogen-bond donors (Lipinski definition) is 1. The van der Waals surface area contributed by atoms with Crippen molar-refractivity contribution in [1.29, 1.82) is 0 Å². The number of rotatable bonds is 6. The molecule has 5 rings (SSSR count). The van der Waals surface area contributed by atoms with Gasteiger partial charge in [-0.25, -0.2) is 0 Å². The van der Waals surface area contributed by atoms with E-state index in [0.29, 0.717) is 35.4 Å². The molecule has 0 radical (unpaired) electrons. The number of primary amides is 1. The van der Waals surface area contributed by atoms with E-state index in [9.17, 15) is 14.4 Å². The number of carbonyl (C=O) groups is 2. The van der Waals surface area contributed by atoms with Crippen LogP contribution in [0.15, 0.2) is 51.7 Å². The number of amides is 2. The Morgan fingerprint density at radius 1 is 1.18 bits per heavy atom. The number of nitrogens with two attached hydrogens (primary N) is 1. The quantitative estimate of drug-likeness (QED) is 0.621. The van der Waals surface area contributed by atoms with Gasteiger partial charge >= 0.3 is 0 Å². The van der Waals surface area contributed by atoms with E-state index in [2.05, 4.69) is 0 Å². The van der Waals surface area contributed by atoms with Crippen molar-refractivity contribution in [2.24, 2.45) is 5.73 Å². The molecule has 170 valence electrons. The van der Waals surface area contributed by atoms with Gasteiger partial charge in [0, 0.05) is 13.2 Å². The Hall–Kier alpha value is -3.65. The molecule has 1 saturated heterocycles. The minimum atomic E-state index is -0.608. The highest BCUT2D eigenvalue weighted by Crippen LogP contribution is 2.39. The average molecular weight is 448 g/mol. The van der Waals surface area contributed by atoms with Gasteiger partial charge < -0.3 is 24.5 Å². The van der Waals surface area contributed by atoms with Gasteiger partial charge in [0.15, 0.2) is 12.0 Å². The van der Waals surface area contributed by atoms with Crippen molar-refractivity contribution in [3.63, 3.8) is 0 Å². The molecule has 2 atom stereocenters. The number of aryl methyl sites for hydroxylation is 1. The third-order valence-corrected chi connectivity index (χ3v) is 6.12. The maximum atomic E-state index is 13.6. The first kappa shape index (κ1) is 21.2. The first-order valence-electron chi connectivity index (χ1n) is 10.9. The highest BCUT2D eigenvalue weighted by Gasteiger charge is 2.43. The Morgan fingerprint density at radius 2 is 1.97 bits per heavy atom. The Morgan fingerprint density at radius 3 is 2.67 bits per heavy atom. The first-order chi connectivity index (χ1) is 15.9. The zero-order chi connectivity index (χ0) is 23.1. The number of hydrogen-bond acceptors (Lipinski definition) is 6. The molecule has 3 heterocycles. The lowest BCUT2D eigenvalue weighted by atomic mass is 9.98. The number of fused-ring (bicyclic) bond motifs is 2. The van der Waals surface area contributed by atoms with Gasteiger partial charge in [-0.15, -0.1) is 0 Å². The normalized spacial score (nSPS) is 19.8. The minimum Gasteiger partial charge on any atom is -0.484 e. The molecule has 2 aliphatic heterocycles. The third kappa shape index (κ3) is 3.87. The van der Waals surface area contributed by atoms with E-state index in [1.54, 1.807) is 41.3 Å². The summed E-state index contributed by atoms with van der Waals surface area (Å²) in [6, 6.07) is 11.7. The van der Waals surface area contributed by atoms with Gasteiger partial charge in [-0.05, 0) is 49.6 Å². The van der Waals surface area contributed by atoms with Gasteiger partial charge in [-0.1, -0.05) is 23.8 Å². The van der Waals surface area contributed by atoms with Gasteiger partial charge in [-0.2, -0.15) is 0 Å². The molecule has 8 nitrogen and oxygen atoms in total. The molecular weight excluding hydrogens is 424 g/mol. The molecule has 0 bridgehead atoms. The monoisotopic (exact) mass is 448 g/mol. The standard InChI is InChI=1S/C25H24N2O6/c1-14-4-9-19-18(11-14)23(29)21-22(15-5-7-16(8-6-15)32-13-20(26)28)27(25(30)24(21)33-19)12-17-3-2-10-31-17/h4-9,11,17,22H,2-3,10,12-13H2,1H3,(H2,26,28)/t17-,22-/m1/s1. The fraction of sp³-hybridized carbons (Fsp3) is 0.320. The molecule has 0 aliphatic carbocycles. The molecule has 3 aromatic rings. The van der Waals surface area contributed by atoms with Crippen molar-refractivity contribution >= 4 is 22.8 Å². The lowest BCUT2D eigenvalue weighted by molar-refractivity contribution is -0.119. The van der Waals surface area contributed by atoms with Gasteiger partial charge in [0.25, 0.3) is 11.8 Å². The van der Waals surface area contributed by atoms with Crippen LogP contribution in [-0.2, 0) is 9.53 Å². The summed E-state index contributed by atoms with van der Waals surface area (Å²) in [5.41, 5.74) is 7.33. The van der Waals surface area contributed by atoms with E-state index in [-0.39, 0.29) is 29.8 Å². The van der Waals surface area contributed by atoms with Crippen LogP contribution in [0.2, 0.25) is 0 Å². The van der Waals surface area contributed by atoms with Gasteiger partial charge in [0.05, 0.1) is 23.1 Å². The van der Waals surface area contributed by atoms with Gasteiger partial charge in [-0.3, -0.25) is 14.4 Å². The summed E-state index contributed by atoms with van der Waals surface area (Å²) < 4.78 is 17.1. The summed E-state index contributed by atoms with van der Waals surface area (Å²) in [6.45, 7) is 2.70. The topological polar surface area (TPSA) is 112 Å². The summed E-state index contributed by atoms with van der Waals surface area (Å²) >= 11 is 0. The van der Waals surface area contributed by atoms with Crippen molar-refractivity contribution in [3.8, 4) is 5.75 Å². The molecule has 1 fully saturated rings. The van der Waals surface area contributed by atoms with Gasteiger partial charge in [0.1, 0.15) is 11.3 Å². The first-order valence-corrected chi connectivity index (χ1v) is 10.9. The van der Waals surface area contributed by atoms with E-state index >= 15 is 0 Å². The average Bonchev–Trinajstić information content (AvgIpc) is 3.41. The fourth-order valence-corrected chi connectivity index (χ4v) is 4.58. The Balaban J connectivity index is 1.60. The van der Waals surface area contributed by atoms with Crippen LogP contribution in [0.5, 0.6) is 5.75 Å². The summed E-state index contributed by atoms with van der Waals surface area (Å²) in [4.78, 5) is 39.7. The van der Waals surface area contributed by atoms with Gasteiger partial charge in [0.2, 0.25) is 5.76 Å². The molecule has 8 heteroatoms. The summed E-state index contributed by atoms with van der Waals surface area (Å²) in [7, 11) is 0. The van der Waals surface area contributed by atoms with Crippen molar-refractivity contribution in [2.75, 3.05) is 19.8 Å². The van der Waals surface area contributed by atoms with Crippen LogP contribution >= 0.6 is 0 Å². The summed E-state index contributed by atoms with van der Waals surface area (Å²) in [6.07, 6.45) is 1.71. The highest BCUT2D eigenvalue weighted by atomic mass is 16.5. The third-order valence-electron chi connectivity index (χ3n) is 6.12. The fourth-order valence-electron chi connectivity index (χ4n) is 4.58. The molecule has 2 N–H and O–H groups in total. The zero-order valence-electron chi connectivity index (χ0n) is 18.2. The predicted octanol–water partition coefficient (Wildman–Crippen LogP) is 2.69. The van der Waals surface area contributed by atoms with Crippen LogP contribution in [-0.4, -0.2) is 42.6 Å². The maximum Gasteiger partial charge on any atom is 0.291 e. The lowest BCUT2D eigenvalue weighted by Crippen LogP contribution is -2.36. The van der Waals surface area contributed by atoms with Crippen LogP contribution < -0.4 is 15.9 Å². The number of carbonyl (C=O) groups excluding carboxylic acids is 2. The van der Waals surface area contributed by atoms with Crippen molar-refractivity contribution < 1.29 is 23.5 Å². The summed E-state index contributed by atoms with van der Waals surface area (Å²) in [5.74, 6) is -0.349. The van der Waals surface area contributed by atoms with Crippen LogP contribution in [0, 0.1) is 6.92 Å². The van der Waals surface area contributed by atoms with E-state index in [4.69, 9.17) is 19.6 Å². The molecule has 2 amide bonds. The molecule has 1 aromatic heterocycles. The second-order valence-corrected chi connectivity index (χ2v) is 8.49. The maximum absolute atomic E-state index is 13.6. The van der Waals surface area contributed by atoms with Crippen molar-refractivity contribution in [3.05, 3.63) is 75.1 Å². The Labute approximate surface area is 189 Å². The van der Waals surface area contributed by atoms with Crippen molar-refractivity contribution in [2.45, 2.75) is 31.9 Å². The number of ether oxygens (including phenoxy) is 2. The van der Waals surface area contributed by atoms with Crippen LogP contribution in [0.25, 0.3) is 11.0 Å². The molecular formula is C25H24N2O6. The molecule has 0 unspecified atom stereocenters. The smallest absolute Gasteiger partial charge is 0.291 e. The molecule has 0 spiro atoms. The van der Waals surface area contributed by atoms with E-state index in [0.717, 1.165) is 24.0 Å². The summed E-state index contributed by atoms with van der Waals surface area (Å²) in [5, 5.41) is 0.451. The predicted molar refractivity (Wildman–Crippen MR) is 120 cm³/mol. The van der Waals surface area contributed by atoms with E-state index in [1.807, 2.05) is 13.0 Å². The largest absolute Gasteiger partial charge is 0.484 e. The number of nitrogens with zero attached hydrogens (tertiary/aromatic N) is 1.